The van der Waals surface area contributed by atoms with Gasteiger partial charge in [-0.15, -0.1) is 0 Å². The minimum absolute atomic E-state index is 0.0951. The van der Waals surface area contributed by atoms with E-state index in [0.29, 0.717) is 22.7 Å². The molecule has 1 amide bonds. The second-order valence-corrected chi connectivity index (χ2v) is 6.27. The van der Waals surface area contributed by atoms with Crippen molar-refractivity contribution in [3.8, 4) is 5.75 Å². The number of hydrogen-bond acceptors (Lipinski definition) is 4. The molecule has 0 unspecified atom stereocenters. The molecule has 0 bridgehead atoms. The lowest BCUT2D eigenvalue weighted by atomic mass is 10.1. The Labute approximate surface area is 155 Å². The Morgan fingerprint density at radius 2 is 2.08 bits per heavy atom. The highest BCUT2D eigenvalue weighted by atomic mass is 35.5. The van der Waals surface area contributed by atoms with E-state index in [9.17, 15) is 9.59 Å². The van der Waals surface area contributed by atoms with Gasteiger partial charge in [0.25, 0.3) is 0 Å². The number of nitrogens with one attached hydrogen (secondary N) is 1. The first-order valence-corrected chi connectivity index (χ1v) is 8.64. The van der Waals surface area contributed by atoms with Gasteiger partial charge in [0.2, 0.25) is 5.91 Å². The summed E-state index contributed by atoms with van der Waals surface area (Å²) < 4.78 is 11.7. The number of nitrogens with zero attached hydrogens (tertiary/aromatic N) is 1. The second-order valence-electron chi connectivity index (χ2n) is 5.83. The minimum Gasteiger partial charge on any atom is -0.496 e. The van der Waals surface area contributed by atoms with Gasteiger partial charge in [-0.25, -0.2) is 4.79 Å². The standard InChI is InChI=1S/C19H19ClN2O4/c1-25-16-7-3-2-5-13(16)6-4-10-21-18(23)12-22-15-9-8-14(20)11-17(15)26-19(22)24/h2-3,5,7-9,11H,4,6,10,12H2,1H3,(H,21,23). The number of halogens is 1. The summed E-state index contributed by atoms with van der Waals surface area (Å²) in [6, 6.07) is 12.7. The third kappa shape index (κ3) is 4.08. The summed E-state index contributed by atoms with van der Waals surface area (Å²) in [6.45, 7) is 0.412. The molecule has 26 heavy (non-hydrogen) atoms. The molecular weight excluding hydrogens is 356 g/mol. The summed E-state index contributed by atoms with van der Waals surface area (Å²) in [5.74, 6) is 0.0186. The number of amides is 1. The van der Waals surface area contributed by atoms with Gasteiger partial charge in [0.15, 0.2) is 5.58 Å². The number of methoxy groups -OCH3 is 1. The molecule has 0 fully saturated rings. The predicted octanol–water partition coefficient (Wildman–Crippen LogP) is 3.01. The van der Waals surface area contributed by atoms with Gasteiger partial charge in [-0.2, -0.15) is 0 Å². The monoisotopic (exact) mass is 374 g/mol. The van der Waals surface area contributed by atoms with Crippen LogP contribution in [0.1, 0.15) is 12.0 Å². The van der Waals surface area contributed by atoms with Gasteiger partial charge in [-0.3, -0.25) is 9.36 Å². The van der Waals surface area contributed by atoms with Crippen LogP contribution in [0.5, 0.6) is 5.75 Å². The number of carbonyl (C=O) groups excluding carboxylic acids is 1. The number of ether oxygens (including phenoxy) is 1. The maximum absolute atomic E-state index is 12.1. The van der Waals surface area contributed by atoms with Crippen LogP contribution >= 0.6 is 11.6 Å². The molecule has 7 heteroatoms. The fraction of sp³-hybridized carbons (Fsp3) is 0.263. The molecule has 2 aromatic carbocycles. The van der Waals surface area contributed by atoms with Crippen LogP contribution in [0.15, 0.2) is 51.7 Å². The Morgan fingerprint density at radius 3 is 2.88 bits per heavy atom. The summed E-state index contributed by atoms with van der Waals surface area (Å²) in [6.07, 6.45) is 1.56. The predicted molar refractivity (Wildman–Crippen MR) is 99.8 cm³/mol. The second kappa shape index (κ2) is 8.10. The molecule has 0 aliphatic carbocycles. The molecule has 1 aromatic heterocycles. The zero-order valence-electron chi connectivity index (χ0n) is 14.3. The fourth-order valence-electron chi connectivity index (χ4n) is 2.81. The number of carbonyl (C=O) groups is 1. The number of para-hydroxylation sites is 1. The van der Waals surface area contributed by atoms with Crippen molar-refractivity contribution in [3.63, 3.8) is 0 Å². The smallest absolute Gasteiger partial charge is 0.420 e. The summed E-state index contributed by atoms with van der Waals surface area (Å²) in [7, 11) is 1.64. The lowest BCUT2D eigenvalue weighted by Gasteiger charge is -2.09. The lowest BCUT2D eigenvalue weighted by Crippen LogP contribution is -2.31. The normalized spacial score (nSPS) is 10.8. The number of oxazole rings is 1. The summed E-state index contributed by atoms with van der Waals surface area (Å²) in [5, 5.41) is 3.30. The van der Waals surface area contributed by atoms with Crippen molar-refractivity contribution in [1.29, 1.82) is 0 Å². The number of benzene rings is 2. The highest BCUT2D eigenvalue weighted by Crippen LogP contribution is 2.19. The lowest BCUT2D eigenvalue weighted by molar-refractivity contribution is -0.121. The van der Waals surface area contributed by atoms with Gasteiger partial charge in [-0.05, 0) is 36.6 Å². The Balaban J connectivity index is 1.55. The summed E-state index contributed by atoms with van der Waals surface area (Å²) in [4.78, 5) is 24.1. The summed E-state index contributed by atoms with van der Waals surface area (Å²) >= 11 is 5.88. The number of fused-ring (bicyclic) bond motifs is 1. The van der Waals surface area contributed by atoms with Crippen LogP contribution in [0.2, 0.25) is 5.02 Å². The third-order valence-corrected chi connectivity index (χ3v) is 4.30. The largest absolute Gasteiger partial charge is 0.496 e. The Bertz CT molecular complexity index is 977. The molecule has 0 spiro atoms. The molecule has 0 aliphatic rings. The maximum atomic E-state index is 12.1. The molecule has 1 N–H and O–H groups in total. The van der Waals surface area contributed by atoms with E-state index in [4.69, 9.17) is 20.8 Å². The topological polar surface area (TPSA) is 73.5 Å². The van der Waals surface area contributed by atoms with Crippen molar-refractivity contribution in [1.82, 2.24) is 9.88 Å². The molecule has 0 saturated carbocycles. The molecule has 136 valence electrons. The van der Waals surface area contributed by atoms with Crippen LogP contribution in [0.25, 0.3) is 11.1 Å². The van der Waals surface area contributed by atoms with Crippen molar-refractivity contribution >= 4 is 28.6 Å². The highest BCUT2D eigenvalue weighted by molar-refractivity contribution is 6.31. The first-order valence-electron chi connectivity index (χ1n) is 8.26. The van der Waals surface area contributed by atoms with Gasteiger partial charge >= 0.3 is 5.76 Å². The SMILES string of the molecule is COc1ccccc1CCCNC(=O)Cn1c(=O)oc2cc(Cl)ccc21. The van der Waals surface area contributed by atoms with Gasteiger partial charge in [0.05, 0.1) is 12.6 Å². The van der Waals surface area contributed by atoms with E-state index >= 15 is 0 Å². The van der Waals surface area contributed by atoms with E-state index in [0.717, 1.165) is 24.2 Å². The van der Waals surface area contributed by atoms with Crippen LogP contribution in [-0.4, -0.2) is 24.1 Å². The quantitative estimate of drug-likeness (QED) is 0.645. The Morgan fingerprint density at radius 1 is 1.27 bits per heavy atom. The molecule has 6 nitrogen and oxygen atoms in total. The Kier molecular flexibility index (Phi) is 5.63. The third-order valence-electron chi connectivity index (χ3n) is 4.07. The van der Waals surface area contributed by atoms with Gasteiger partial charge < -0.3 is 14.5 Å². The zero-order valence-corrected chi connectivity index (χ0v) is 15.1. The molecule has 0 radical (unpaired) electrons. The Hall–Kier alpha value is -2.73. The first kappa shape index (κ1) is 18.1. The average Bonchev–Trinajstić information content (AvgIpc) is 2.93. The fourth-order valence-corrected chi connectivity index (χ4v) is 2.97. The molecular formula is C19H19ClN2O4. The van der Waals surface area contributed by atoms with Crippen LogP contribution in [0.3, 0.4) is 0 Å². The number of aromatic nitrogens is 1. The molecule has 3 aromatic rings. The van der Waals surface area contributed by atoms with Gasteiger partial charge in [0, 0.05) is 17.6 Å². The van der Waals surface area contributed by atoms with Crippen LogP contribution in [0.4, 0.5) is 0 Å². The molecule has 1 heterocycles. The highest BCUT2D eigenvalue weighted by Gasteiger charge is 2.13. The molecule has 0 saturated heterocycles. The van der Waals surface area contributed by atoms with Gasteiger partial charge in [0.1, 0.15) is 12.3 Å². The first-order chi connectivity index (χ1) is 12.6. The zero-order chi connectivity index (χ0) is 18.5. The average molecular weight is 375 g/mol. The van der Waals surface area contributed by atoms with Crippen LogP contribution in [0, 0.1) is 0 Å². The number of rotatable bonds is 7. The molecule has 3 rings (SSSR count). The van der Waals surface area contributed by atoms with Crippen molar-refractivity contribution < 1.29 is 13.9 Å². The minimum atomic E-state index is -0.577. The van der Waals surface area contributed by atoms with E-state index in [-0.39, 0.29) is 12.5 Å². The van der Waals surface area contributed by atoms with E-state index in [1.54, 1.807) is 25.3 Å². The van der Waals surface area contributed by atoms with Crippen molar-refractivity contribution in [2.75, 3.05) is 13.7 Å². The van der Waals surface area contributed by atoms with Gasteiger partial charge in [-0.1, -0.05) is 29.8 Å². The van der Waals surface area contributed by atoms with E-state index in [2.05, 4.69) is 5.32 Å². The number of aryl methyl sites for hydroxylation is 1. The van der Waals surface area contributed by atoms with Crippen LogP contribution < -0.4 is 15.8 Å². The van der Waals surface area contributed by atoms with Crippen molar-refractivity contribution in [3.05, 3.63) is 63.6 Å². The van der Waals surface area contributed by atoms with E-state index < -0.39 is 5.76 Å². The van der Waals surface area contributed by atoms with Crippen molar-refractivity contribution in [2.24, 2.45) is 0 Å². The number of hydrogen-bond donors (Lipinski definition) is 1. The molecule has 0 atom stereocenters. The summed E-state index contributed by atoms with van der Waals surface area (Å²) in [5.41, 5.74) is 2.01. The van der Waals surface area contributed by atoms with E-state index in [1.165, 1.54) is 4.57 Å². The maximum Gasteiger partial charge on any atom is 0.420 e. The van der Waals surface area contributed by atoms with E-state index in [1.807, 2.05) is 24.3 Å². The van der Waals surface area contributed by atoms with Crippen LogP contribution in [-0.2, 0) is 17.8 Å². The molecule has 0 aliphatic heterocycles. The van der Waals surface area contributed by atoms with Crippen molar-refractivity contribution in [2.45, 2.75) is 19.4 Å².